The highest BCUT2D eigenvalue weighted by Crippen LogP contribution is 2.10. The Morgan fingerprint density at radius 2 is 2.25 bits per heavy atom. The molecule has 1 fully saturated rings. The van der Waals surface area contributed by atoms with Crippen molar-refractivity contribution in [1.29, 1.82) is 0 Å². The summed E-state index contributed by atoms with van der Waals surface area (Å²) in [4.78, 5) is 11.4. The van der Waals surface area contributed by atoms with Crippen LogP contribution in [0.5, 0.6) is 0 Å². The summed E-state index contributed by atoms with van der Waals surface area (Å²) in [6, 6.07) is -0.121. The SMILES string of the molecule is CC(C)CNC(=O)NCC1(C)CNCCO1. The van der Waals surface area contributed by atoms with Crippen LogP contribution >= 0.6 is 0 Å². The first-order valence-electron chi connectivity index (χ1n) is 5.88. The van der Waals surface area contributed by atoms with Crippen molar-refractivity contribution in [1.82, 2.24) is 16.0 Å². The van der Waals surface area contributed by atoms with Crippen LogP contribution in [0.1, 0.15) is 20.8 Å². The third-order valence-electron chi connectivity index (χ3n) is 2.52. The van der Waals surface area contributed by atoms with Gasteiger partial charge in [-0.25, -0.2) is 4.79 Å². The van der Waals surface area contributed by atoms with E-state index in [9.17, 15) is 4.79 Å². The molecule has 3 N–H and O–H groups in total. The molecule has 5 nitrogen and oxygen atoms in total. The predicted molar refractivity (Wildman–Crippen MR) is 63.5 cm³/mol. The van der Waals surface area contributed by atoms with Crippen LogP contribution in [0.15, 0.2) is 0 Å². The first kappa shape index (κ1) is 13.3. The minimum atomic E-state index is -0.284. The van der Waals surface area contributed by atoms with Crippen molar-refractivity contribution in [2.45, 2.75) is 26.4 Å². The zero-order chi connectivity index (χ0) is 12.0. The highest BCUT2D eigenvalue weighted by molar-refractivity contribution is 5.73. The third-order valence-corrected chi connectivity index (χ3v) is 2.52. The van der Waals surface area contributed by atoms with Gasteiger partial charge in [0.1, 0.15) is 0 Å². The normalized spacial score (nSPS) is 25.5. The Kier molecular flexibility index (Phi) is 5.02. The highest BCUT2D eigenvalue weighted by atomic mass is 16.5. The van der Waals surface area contributed by atoms with E-state index in [1.807, 2.05) is 6.92 Å². The standard InChI is InChI=1S/C11H23N3O2/c1-9(2)6-13-10(15)14-8-11(3)7-12-4-5-16-11/h9,12H,4-8H2,1-3H3,(H2,13,14,15). The van der Waals surface area contributed by atoms with Gasteiger partial charge in [-0.05, 0) is 12.8 Å². The van der Waals surface area contributed by atoms with Gasteiger partial charge in [0, 0.05) is 26.2 Å². The number of hydrogen-bond donors (Lipinski definition) is 3. The number of carbonyl (C=O) groups excluding carboxylic acids is 1. The van der Waals surface area contributed by atoms with Gasteiger partial charge in [0.25, 0.3) is 0 Å². The first-order valence-corrected chi connectivity index (χ1v) is 5.88. The summed E-state index contributed by atoms with van der Waals surface area (Å²) in [5.74, 6) is 0.467. The smallest absolute Gasteiger partial charge is 0.314 e. The van der Waals surface area contributed by atoms with Crippen LogP contribution < -0.4 is 16.0 Å². The maximum absolute atomic E-state index is 11.4. The monoisotopic (exact) mass is 229 g/mol. The van der Waals surface area contributed by atoms with Gasteiger partial charge >= 0.3 is 6.03 Å². The molecule has 0 aromatic rings. The fourth-order valence-corrected chi connectivity index (χ4v) is 1.51. The second-order valence-electron chi connectivity index (χ2n) is 4.93. The van der Waals surface area contributed by atoms with Gasteiger partial charge in [-0.15, -0.1) is 0 Å². The molecule has 1 aliphatic rings. The number of rotatable bonds is 4. The molecule has 1 unspecified atom stereocenters. The number of carbonyl (C=O) groups is 1. The summed E-state index contributed by atoms with van der Waals surface area (Å²) >= 11 is 0. The molecule has 0 aromatic carbocycles. The lowest BCUT2D eigenvalue weighted by atomic mass is 10.1. The molecule has 94 valence electrons. The number of morpholine rings is 1. The van der Waals surface area contributed by atoms with Crippen molar-refractivity contribution >= 4 is 6.03 Å². The van der Waals surface area contributed by atoms with Crippen molar-refractivity contribution in [3.05, 3.63) is 0 Å². The number of nitrogens with one attached hydrogen (secondary N) is 3. The molecule has 1 saturated heterocycles. The zero-order valence-electron chi connectivity index (χ0n) is 10.4. The molecule has 0 radical (unpaired) electrons. The molecule has 0 bridgehead atoms. The first-order chi connectivity index (χ1) is 7.52. The molecule has 1 heterocycles. The summed E-state index contributed by atoms with van der Waals surface area (Å²) in [6.07, 6.45) is 0. The van der Waals surface area contributed by atoms with Crippen LogP contribution in [0.25, 0.3) is 0 Å². The maximum atomic E-state index is 11.4. The maximum Gasteiger partial charge on any atom is 0.314 e. The Bertz CT molecular complexity index is 225. The summed E-state index contributed by atoms with van der Waals surface area (Å²) in [5, 5.41) is 8.90. The van der Waals surface area contributed by atoms with Crippen molar-refractivity contribution < 1.29 is 9.53 Å². The van der Waals surface area contributed by atoms with Crippen molar-refractivity contribution in [3.8, 4) is 0 Å². The summed E-state index contributed by atoms with van der Waals surface area (Å²) in [7, 11) is 0. The van der Waals surface area contributed by atoms with Gasteiger partial charge in [-0.2, -0.15) is 0 Å². The number of amides is 2. The molecule has 0 spiro atoms. The summed E-state index contributed by atoms with van der Waals surface area (Å²) in [5.41, 5.74) is -0.284. The third kappa shape index (κ3) is 4.81. The highest BCUT2D eigenvalue weighted by Gasteiger charge is 2.27. The largest absolute Gasteiger partial charge is 0.371 e. The lowest BCUT2D eigenvalue weighted by Crippen LogP contribution is -2.55. The Labute approximate surface area is 97.3 Å². The van der Waals surface area contributed by atoms with E-state index in [0.29, 0.717) is 25.6 Å². The zero-order valence-corrected chi connectivity index (χ0v) is 10.4. The molecule has 16 heavy (non-hydrogen) atoms. The summed E-state index contributed by atoms with van der Waals surface area (Å²) < 4.78 is 5.64. The predicted octanol–water partition coefficient (Wildman–Crippen LogP) is 0.320. The van der Waals surface area contributed by atoms with E-state index in [1.54, 1.807) is 0 Å². The van der Waals surface area contributed by atoms with Gasteiger partial charge in [0.15, 0.2) is 0 Å². The van der Waals surface area contributed by atoms with Gasteiger partial charge < -0.3 is 20.7 Å². The topological polar surface area (TPSA) is 62.4 Å². The molecular formula is C11H23N3O2. The van der Waals surface area contributed by atoms with E-state index in [0.717, 1.165) is 13.1 Å². The van der Waals surface area contributed by atoms with Crippen LogP contribution in [0.4, 0.5) is 4.79 Å². The molecule has 0 aliphatic carbocycles. The fraction of sp³-hybridized carbons (Fsp3) is 0.909. The molecule has 0 aromatic heterocycles. The molecule has 5 heteroatoms. The van der Waals surface area contributed by atoms with Crippen LogP contribution in [-0.2, 0) is 4.74 Å². The molecule has 1 rings (SSSR count). The molecule has 1 atom stereocenters. The van der Waals surface area contributed by atoms with Crippen molar-refractivity contribution in [3.63, 3.8) is 0 Å². The van der Waals surface area contributed by atoms with E-state index in [-0.39, 0.29) is 11.6 Å². The molecule has 2 amide bonds. The van der Waals surface area contributed by atoms with Crippen LogP contribution in [0.3, 0.4) is 0 Å². The minimum Gasteiger partial charge on any atom is -0.371 e. The van der Waals surface area contributed by atoms with E-state index in [4.69, 9.17) is 4.74 Å². The molecule has 0 saturated carbocycles. The van der Waals surface area contributed by atoms with E-state index in [1.165, 1.54) is 0 Å². The van der Waals surface area contributed by atoms with Gasteiger partial charge in [0.05, 0.1) is 12.2 Å². The second kappa shape index (κ2) is 6.06. The lowest BCUT2D eigenvalue weighted by Gasteiger charge is -2.34. The second-order valence-corrected chi connectivity index (χ2v) is 4.93. The Balaban J connectivity index is 2.19. The Morgan fingerprint density at radius 1 is 1.50 bits per heavy atom. The summed E-state index contributed by atoms with van der Waals surface area (Å²) in [6.45, 7) is 9.72. The van der Waals surface area contributed by atoms with Crippen molar-refractivity contribution in [2.24, 2.45) is 5.92 Å². The Hall–Kier alpha value is -0.810. The Morgan fingerprint density at radius 3 is 2.81 bits per heavy atom. The minimum absolute atomic E-state index is 0.121. The van der Waals surface area contributed by atoms with Crippen molar-refractivity contribution in [2.75, 3.05) is 32.8 Å². The van der Waals surface area contributed by atoms with Crippen LogP contribution in [0, 0.1) is 5.92 Å². The van der Waals surface area contributed by atoms with Crippen LogP contribution in [-0.4, -0.2) is 44.4 Å². The molecular weight excluding hydrogens is 206 g/mol. The van der Waals surface area contributed by atoms with E-state index >= 15 is 0 Å². The van der Waals surface area contributed by atoms with Gasteiger partial charge in [0.2, 0.25) is 0 Å². The number of urea groups is 1. The number of ether oxygens (including phenoxy) is 1. The van der Waals surface area contributed by atoms with Crippen LogP contribution in [0.2, 0.25) is 0 Å². The number of hydrogen-bond acceptors (Lipinski definition) is 3. The average molecular weight is 229 g/mol. The van der Waals surface area contributed by atoms with Gasteiger partial charge in [-0.1, -0.05) is 13.8 Å². The average Bonchev–Trinajstić information content (AvgIpc) is 2.25. The fourth-order valence-electron chi connectivity index (χ4n) is 1.51. The lowest BCUT2D eigenvalue weighted by molar-refractivity contribution is -0.0489. The molecule has 1 aliphatic heterocycles. The quantitative estimate of drug-likeness (QED) is 0.650. The van der Waals surface area contributed by atoms with E-state index in [2.05, 4.69) is 29.8 Å². The van der Waals surface area contributed by atoms with E-state index < -0.39 is 0 Å². The van der Waals surface area contributed by atoms with Gasteiger partial charge in [-0.3, -0.25) is 0 Å².